The van der Waals surface area contributed by atoms with Crippen LogP contribution in [0.15, 0.2) is 0 Å². The van der Waals surface area contributed by atoms with Crippen LogP contribution in [0.3, 0.4) is 0 Å². The number of hydrogen-bond donors (Lipinski definition) is 2. The van der Waals surface area contributed by atoms with E-state index in [1.54, 1.807) is 0 Å². The summed E-state index contributed by atoms with van der Waals surface area (Å²) in [6, 6.07) is 0. The molecule has 0 aromatic rings. The summed E-state index contributed by atoms with van der Waals surface area (Å²) in [5, 5.41) is 3.03. The number of unbranched alkanes of at least 4 members (excludes halogenated alkanes) is 3. The molecule has 26 heavy (non-hydrogen) atoms. The molecule has 7 heteroatoms. The van der Waals surface area contributed by atoms with Crippen molar-refractivity contribution in [1.82, 2.24) is 5.32 Å². The van der Waals surface area contributed by atoms with E-state index in [1.165, 1.54) is 0 Å². The van der Waals surface area contributed by atoms with Gasteiger partial charge in [0.15, 0.2) is 0 Å². The minimum atomic E-state index is -3.85. The van der Waals surface area contributed by atoms with Gasteiger partial charge in [0.05, 0.1) is 6.61 Å². The van der Waals surface area contributed by atoms with Gasteiger partial charge in [-0.05, 0) is 30.1 Å². The summed E-state index contributed by atoms with van der Waals surface area (Å²) >= 11 is 0. The van der Waals surface area contributed by atoms with Gasteiger partial charge < -0.3 is 10.2 Å². The second kappa shape index (κ2) is 12.1. The van der Waals surface area contributed by atoms with Crippen LogP contribution in [0.25, 0.3) is 0 Å². The molecular formula is C19H40NO5P. The molecule has 2 N–H and O–H groups in total. The summed E-state index contributed by atoms with van der Waals surface area (Å²) < 4.78 is 20.2. The van der Waals surface area contributed by atoms with E-state index in [4.69, 9.17) is 9.42 Å². The number of hydrogen-bond acceptors (Lipinski definition) is 4. The SMILES string of the molecule is CCC(C)(C)CC(C)(CC)CC(=O)NCCCCCCOP(=O)(O)OC. The van der Waals surface area contributed by atoms with Crippen molar-refractivity contribution < 1.29 is 23.3 Å². The van der Waals surface area contributed by atoms with Crippen LogP contribution in [0.1, 0.15) is 86.0 Å². The molecule has 0 aromatic heterocycles. The molecule has 6 nitrogen and oxygen atoms in total. The van der Waals surface area contributed by atoms with Gasteiger partial charge in [-0.1, -0.05) is 60.3 Å². The Bertz CT molecular complexity index is 455. The van der Waals surface area contributed by atoms with Crippen molar-refractivity contribution >= 4 is 13.7 Å². The van der Waals surface area contributed by atoms with E-state index in [1.807, 2.05) is 0 Å². The predicted molar refractivity (Wildman–Crippen MR) is 106 cm³/mol. The maximum absolute atomic E-state index is 12.3. The van der Waals surface area contributed by atoms with Gasteiger partial charge in [0.25, 0.3) is 0 Å². The van der Waals surface area contributed by atoms with Crippen molar-refractivity contribution in [2.24, 2.45) is 10.8 Å². The minimum absolute atomic E-state index is 0.0422. The highest BCUT2D eigenvalue weighted by Gasteiger charge is 2.32. The predicted octanol–water partition coefficient (Wildman–Crippen LogP) is 5.06. The molecule has 156 valence electrons. The first-order valence-electron chi connectivity index (χ1n) is 9.79. The zero-order valence-corrected chi connectivity index (χ0v) is 18.5. The summed E-state index contributed by atoms with van der Waals surface area (Å²) in [4.78, 5) is 21.4. The fourth-order valence-corrected chi connectivity index (χ4v) is 3.55. The lowest BCUT2D eigenvalue weighted by Gasteiger charge is -2.36. The Morgan fingerprint density at radius 3 is 2.23 bits per heavy atom. The molecular weight excluding hydrogens is 353 g/mol. The van der Waals surface area contributed by atoms with Crippen molar-refractivity contribution in [1.29, 1.82) is 0 Å². The number of carbonyl (C=O) groups excluding carboxylic acids is 1. The zero-order chi connectivity index (χ0) is 20.3. The molecule has 2 atom stereocenters. The van der Waals surface area contributed by atoms with E-state index in [9.17, 15) is 9.36 Å². The molecule has 0 spiro atoms. The molecule has 1 amide bonds. The summed E-state index contributed by atoms with van der Waals surface area (Å²) in [7, 11) is -2.70. The summed E-state index contributed by atoms with van der Waals surface area (Å²) in [6.45, 7) is 12.0. The Hall–Kier alpha value is -0.420. The highest BCUT2D eigenvalue weighted by molar-refractivity contribution is 7.47. The van der Waals surface area contributed by atoms with Crippen molar-refractivity contribution in [3.63, 3.8) is 0 Å². The Kier molecular flexibility index (Phi) is 11.9. The summed E-state index contributed by atoms with van der Waals surface area (Å²) in [6.07, 6.45) is 7.17. The fraction of sp³-hybridized carbons (Fsp3) is 0.947. The van der Waals surface area contributed by atoms with Crippen molar-refractivity contribution in [3.05, 3.63) is 0 Å². The number of amides is 1. The topological polar surface area (TPSA) is 84.9 Å². The van der Waals surface area contributed by atoms with Gasteiger partial charge in [-0.3, -0.25) is 13.8 Å². The van der Waals surface area contributed by atoms with Crippen LogP contribution in [0, 0.1) is 10.8 Å². The van der Waals surface area contributed by atoms with Gasteiger partial charge >= 0.3 is 7.82 Å². The van der Waals surface area contributed by atoms with E-state index in [2.05, 4.69) is 44.5 Å². The molecule has 0 radical (unpaired) electrons. The maximum Gasteiger partial charge on any atom is 0.471 e. The third-order valence-corrected chi connectivity index (χ3v) is 6.15. The van der Waals surface area contributed by atoms with E-state index < -0.39 is 7.82 Å². The van der Waals surface area contributed by atoms with Crippen molar-refractivity contribution in [2.45, 2.75) is 86.0 Å². The lowest BCUT2D eigenvalue weighted by Crippen LogP contribution is -2.33. The molecule has 0 heterocycles. The van der Waals surface area contributed by atoms with Crippen LogP contribution in [0.2, 0.25) is 0 Å². The second-order valence-electron chi connectivity index (χ2n) is 8.28. The first kappa shape index (κ1) is 25.6. The third kappa shape index (κ3) is 12.1. The summed E-state index contributed by atoms with van der Waals surface area (Å²) in [5.74, 6) is 0.130. The smallest absolute Gasteiger partial charge is 0.356 e. The number of phosphoric acid groups is 1. The molecule has 0 saturated carbocycles. The van der Waals surface area contributed by atoms with Crippen LogP contribution < -0.4 is 5.32 Å². The number of nitrogens with one attached hydrogen (secondary N) is 1. The average Bonchev–Trinajstić information content (AvgIpc) is 2.56. The van der Waals surface area contributed by atoms with Gasteiger partial charge in [0.2, 0.25) is 5.91 Å². The van der Waals surface area contributed by atoms with Gasteiger partial charge in [0, 0.05) is 20.1 Å². The van der Waals surface area contributed by atoms with Crippen molar-refractivity contribution in [3.8, 4) is 0 Å². The molecule has 0 aromatic carbocycles. The van der Waals surface area contributed by atoms with Crippen LogP contribution >= 0.6 is 7.82 Å². The Balaban J connectivity index is 3.93. The fourth-order valence-electron chi connectivity index (χ4n) is 3.08. The largest absolute Gasteiger partial charge is 0.471 e. The maximum atomic E-state index is 12.3. The van der Waals surface area contributed by atoms with Gasteiger partial charge in [0.1, 0.15) is 0 Å². The molecule has 0 fully saturated rings. The summed E-state index contributed by atoms with van der Waals surface area (Å²) in [5.41, 5.74) is 0.301. The second-order valence-corrected chi connectivity index (χ2v) is 9.84. The van der Waals surface area contributed by atoms with Gasteiger partial charge in [-0.2, -0.15) is 0 Å². The first-order chi connectivity index (χ1) is 12.0. The van der Waals surface area contributed by atoms with Crippen LogP contribution in [-0.2, 0) is 18.4 Å². The van der Waals surface area contributed by atoms with Gasteiger partial charge in [-0.25, -0.2) is 4.57 Å². The van der Waals surface area contributed by atoms with Gasteiger partial charge in [-0.15, -0.1) is 0 Å². The van der Waals surface area contributed by atoms with Crippen LogP contribution in [-0.4, -0.2) is 31.1 Å². The number of carbonyl (C=O) groups is 1. The molecule has 0 aliphatic heterocycles. The van der Waals surface area contributed by atoms with E-state index in [0.717, 1.165) is 45.6 Å². The monoisotopic (exact) mass is 393 g/mol. The molecule has 0 bridgehead atoms. The van der Waals surface area contributed by atoms with Crippen LogP contribution in [0.5, 0.6) is 0 Å². The lowest BCUT2D eigenvalue weighted by atomic mass is 9.69. The van der Waals surface area contributed by atoms with Crippen LogP contribution in [0.4, 0.5) is 0 Å². The van der Waals surface area contributed by atoms with E-state index in [0.29, 0.717) is 19.4 Å². The van der Waals surface area contributed by atoms with E-state index >= 15 is 0 Å². The van der Waals surface area contributed by atoms with E-state index in [-0.39, 0.29) is 23.3 Å². The normalized spacial score (nSPS) is 16.7. The average molecular weight is 394 g/mol. The number of phosphoric ester groups is 1. The Morgan fingerprint density at radius 2 is 1.69 bits per heavy atom. The standard InChI is InChI=1S/C19H40NO5P/c1-7-18(3,4)16-19(5,8-2)15-17(21)20-13-11-9-10-12-14-25-26(22,23)24-6/h7-16H2,1-6H3,(H,20,21)(H,22,23). The third-order valence-electron chi connectivity index (χ3n) is 5.18. The highest BCUT2D eigenvalue weighted by atomic mass is 31.2. The van der Waals surface area contributed by atoms with Crippen molar-refractivity contribution in [2.75, 3.05) is 20.3 Å². The first-order valence-corrected chi connectivity index (χ1v) is 11.3. The zero-order valence-electron chi connectivity index (χ0n) is 17.6. The molecule has 0 aliphatic carbocycles. The Labute approximate surface area is 160 Å². The molecule has 0 rings (SSSR count). The quantitative estimate of drug-likeness (QED) is 0.300. The lowest BCUT2D eigenvalue weighted by molar-refractivity contribution is -0.123. The highest BCUT2D eigenvalue weighted by Crippen LogP contribution is 2.42. The molecule has 0 saturated heterocycles. The molecule has 0 aliphatic rings. The minimum Gasteiger partial charge on any atom is -0.356 e. The molecule has 2 unspecified atom stereocenters. The number of rotatable bonds is 15. The Morgan fingerprint density at radius 1 is 1.08 bits per heavy atom.